The van der Waals surface area contributed by atoms with E-state index >= 15 is 0 Å². The molecule has 176 valence electrons. The molecule has 2 aromatic carbocycles. The summed E-state index contributed by atoms with van der Waals surface area (Å²) in [7, 11) is 0. The maximum Gasteiger partial charge on any atom is 0.419 e. The van der Waals surface area contributed by atoms with E-state index in [9.17, 15) is 37.0 Å². The quantitative estimate of drug-likeness (QED) is 0.400. The smallest absolute Gasteiger partial charge is 0.419 e. The average molecular weight is 468 g/mol. The lowest BCUT2D eigenvalue weighted by atomic mass is 9.68. The lowest BCUT2D eigenvalue weighted by molar-refractivity contribution is -0.272. The molecule has 1 aromatic heterocycles. The number of nitrogens with one attached hydrogen (secondary N) is 2. The van der Waals surface area contributed by atoms with Gasteiger partial charge in [0.15, 0.2) is 17.2 Å². The first-order chi connectivity index (χ1) is 15.4. The number of rotatable bonds is 3. The zero-order valence-corrected chi connectivity index (χ0v) is 17.6. The number of hydrogen-bond acceptors (Lipinski definition) is 4. The Labute approximate surface area is 184 Å². The number of pyridine rings is 1. The number of hydrogen-bond donors (Lipinski definition) is 4. The number of halogens is 5. The van der Waals surface area contributed by atoms with Gasteiger partial charge in [-0.2, -0.15) is 13.2 Å². The second-order valence-corrected chi connectivity index (χ2v) is 8.37. The van der Waals surface area contributed by atoms with Crippen LogP contribution in [-0.4, -0.2) is 27.0 Å². The third-order valence-electron chi connectivity index (χ3n) is 6.37. The van der Waals surface area contributed by atoms with Gasteiger partial charge >= 0.3 is 6.18 Å². The molecule has 0 radical (unpaired) electrons. The minimum Gasteiger partial charge on any atom is -0.505 e. The van der Waals surface area contributed by atoms with E-state index < -0.39 is 53.1 Å². The zero-order valence-electron chi connectivity index (χ0n) is 17.6. The van der Waals surface area contributed by atoms with E-state index in [4.69, 9.17) is 0 Å². The molecule has 33 heavy (non-hydrogen) atoms. The van der Waals surface area contributed by atoms with E-state index in [0.29, 0.717) is 0 Å². The summed E-state index contributed by atoms with van der Waals surface area (Å²) in [5.74, 6) is -3.43. The number of aryl methyl sites for hydroxylation is 1. The molecule has 1 aliphatic carbocycles. The van der Waals surface area contributed by atoms with Crippen LogP contribution in [0.3, 0.4) is 0 Å². The molecule has 4 rings (SSSR count). The van der Waals surface area contributed by atoms with Crippen LogP contribution in [0.1, 0.15) is 48.4 Å². The predicted molar refractivity (Wildman–Crippen MR) is 112 cm³/mol. The fourth-order valence-electron chi connectivity index (χ4n) is 4.66. The molecule has 0 bridgehead atoms. The average Bonchev–Trinajstić information content (AvgIpc) is 2.74. The molecular weight excluding hydrogens is 447 g/mol. The zero-order chi connectivity index (χ0) is 24.3. The molecule has 1 aliphatic rings. The number of aromatic amines is 1. The first kappa shape index (κ1) is 23.0. The molecule has 0 spiro atoms. The number of anilines is 1. The van der Waals surface area contributed by atoms with Crippen molar-refractivity contribution in [3.8, 4) is 5.75 Å². The third-order valence-corrected chi connectivity index (χ3v) is 6.37. The van der Waals surface area contributed by atoms with Gasteiger partial charge in [-0.3, -0.25) is 4.79 Å². The summed E-state index contributed by atoms with van der Waals surface area (Å²) in [6.45, 7) is 2.88. The topological polar surface area (TPSA) is 85.4 Å². The fourth-order valence-corrected chi connectivity index (χ4v) is 4.66. The molecule has 0 fully saturated rings. The van der Waals surface area contributed by atoms with Gasteiger partial charge in [-0.05, 0) is 55.0 Å². The number of alkyl halides is 3. The monoisotopic (exact) mass is 468 g/mol. The first-order valence-electron chi connectivity index (χ1n) is 10.3. The van der Waals surface area contributed by atoms with Crippen molar-refractivity contribution in [1.29, 1.82) is 0 Å². The second-order valence-electron chi connectivity index (χ2n) is 8.37. The van der Waals surface area contributed by atoms with Gasteiger partial charge in [0.2, 0.25) is 5.56 Å². The highest BCUT2D eigenvalue weighted by molar-refractivity contribution is 5.91. The molecular formula is C23H21F5N2O3. The van der Waals surface area contributed by atoms with Crippen LogP contribution >= 0.6 is 0 Å². The van der Waals surface area contributed by atoms with Crippen molar-refractivity contribution in [3.05, 3.63) is 69.0 Å². The van der Waals surface area contributed by atoms with E-state index in [0.717, 1.165) is 12.1 Å². The molecule has 4 N–H and O–H groups in total. The largest absolute Gasteiger partial charge is 0.505 e. The van der Waals surface area contributed by atoms with Gasteiger partial charge in [0, 0.05) is 22.7 Å². The fraction of sp³-hybridized carbons (Fsp3) is 0.348. The van der Waals surface area contributed by atoms with E-state index in [1.165, 1.54) is 25.1 Å². The molecule has 0 amide bonds. The number of phenolic OH excluding ortho intramolecular Hbond substituents is 1. The highest BCUT2D eigenvalue weighted by atomic mass is 19.4. The summed E-state index contributed by atoms with van der Waals surface area (Å²) in [4.78, 5) is 13.9. The van der Waals surface area contributed by atoms with Crippen molar-refractivity contribution in [2.45, 2.75) is 50.4 Å². The van der Waals surface area contributed by atoms with Crippen LogP contribution in [0.25, 0.3) is 10.9 Å². The first-order valence-corrected chi connectivity index (χ1v) is 10.3. The van der Waals surface area contributed by atoms with Crippen LogP contribution in [0.4, 0.5) is 27.6 Å². The summed E-state index contributed by atoms with van der Waals surface area (Å²) < 4.78 is 71.5. The van der Waals surface area contributed by atoms with Crippen molar-refractivity contribution in [1.82, 2.24) is 4.98 Å². The number of benzene rings is 2. The minimum atomic E-state index is -5.09. The molecule has 0 aliphatic heterocycles. The summed E-state index contributed by atoms with van der Waals surface area (Å²) >= 11 is 0. The van der Waals surface area contributed by atoms with Crippen molar-refractivity contribution in [3.63, 3.8) is 0 Å². The number of aromatic nitrogens is 1. The van der Waals surface area contributed by atoms with Crippen molar-refractivity contribution in [2.75, 3.05) is 5.32 Å². The Hall–Kier alpha value is -3.14. The summed E-state index contributed by atoms with van der Waals surface area (Å²) in [5.41, 5.74) is -4.29. The molecule has 3 aromatic rings. The Morgan fingerprint density at radius 3 is 2.55 bits per heavy atom. The van der Waals surface area contributed by atoms with Crippen molar-refractivity contribution < 1.29 is 32.2 Å². The highest BCUT2D eigenvalue weighted by Gasteiger charge is 2.62. The minimum absolute atomic E-state index is 0.00755. The predicted octanol–water partition coefficient (Wildman–Crippen LogP) is 5.16. The number of aliphatic hydroxyl groups is 1. The molecule has 1 heterocycles. The molecule has 0 saturated carbocycles. The Bertz CT molecular complexity index is 1300. The summed E-state index contributed by atoms with van der Waals surface area (Å²) in [6, 6.07) is 3.83. The van der Waals surface area contributed by atoms with Crippen LogP contribution in [0, 0.1) is 18.6 Å². The standard InChI is InChI=1S/C23H21F5N2O3/c1-3-11-9-22(33,23(26,27)28)21(13-8-10(2)18(25)20(32)17(11)13)29-15-6-5-14(24)19-12(15)4-7-16(31)30-19/h4-8,11,21,29,32-33H,3,9H2,1-2H3,(H,30,31)/t11-,21-,22+/m0/s1. The van der Waals surface area contributed by atoms with Crippen LogP contribution in [0.2, 0.25) is 0 Å². The number of H-pyrrole nitrogens is 1. The van der Waals surface area contributed by atoms with Crippen molar-refractivity contribution in [2.24, 2.45) is 0 Å². The summed E-state index contributed by atoms with van der Waals surface area (Å²) in [6.07, 6.45) is -5.78. The molecule has 10 heteroatoms. The van der Waals surface area contributed by atoms with Crippen LogP contribution in [0.5, 0.6) is 5.75 Å². The molecule has 3 atom stereocenters. The Morgan fingerprint density at radius 1 is 1.21 bits per heavy atom. The summed E-state index contributed by atoms with van der Waals surface area (Å²) in [5, 5.41) is 24.2. The Morgan fingerprint density at radius 2 is 1.91 bits per heavy atom. The van der Waals surface area contributed by atoms with Gasteiger partial charge in [0.25, 0.3) is 0 Å². The molecule has 5 nitrogen and oxygen atoms in total. The Balaban J connectivity index is 1.98. The lowest BCUT2D eigenvalue weighted by Gasteiger charge is -2.46. The van der Waals surface area contributed by atoms with Crippen LogP contribution < -0.4 is 10.9 Å². The maximum absolute atomic E-state index is 14.5. The molecule has 0 unspecified atom stereocenters. The number of fused-ring (bicyclic) bond motifs is 2. The van der Waals surface area contributed by atoms with Crippen LogP contribution in [0.15, 0.2) is 35.1 Å². The van der Waals surface area contributed by atoms with Gasteiger partial charge in [-0.15, -0.1) is 0 Å². The van der Waals surface area contributed by atoms with E-state index in [1.54, 1.807) is 6.92 Å². The van der Waals surface area contributed by atoms with Gasteiger partial charge in [0.1, 0.15) is 5.82 Å². The van der Waals surface area contributed by atoms with E-state index in [2.05, 4.69) is 10.3 Å². The van der Waals surface area contributed by atoms with Gasteiger partial charge in [0.05, 0.1) is 11.6 Å². The maximum atomic E-state index is 14.5. The number of aromatic hydroxyl groups is 1. The SMILES string of the molecule is CC[C@H]1C[C@](O)(C(F)(F)F)[C@@H](Nc2ccc(F)c3[nH]c(=O)ccc23)c2cc(C)c(F)c(O)c21. The van der Waals surface area contributed by atoms with Crippen LogP contribution in [-0.2, 0) is 0 Å². The van der Waals surface area contributed by atoms with E-state index in [1.807, 2.05) is 0 Å². The van der Waals surface area contributed by atoms with Gasteiger partial charge in [-0.1, -0.05) is 13.0 Å². The van der Waals surface area contributed by atoms with Crippen molar-refractivity contribution >= 4 is 16.6 Å². The normalized spacial score (nSPS) is 22.9. The Kier molecular flexibility index (Phi) is 5.39. The molecule has 0 saturated heterocycles. The van der Waals surface area contributed by atoms with E-state index in [-0.39, 0.29) is 39.7 Å². The third kappa shape index (κ3) is 3.52. The lowest BCUT2D eigenvalue weighted by Crippen LogP contribution is -2.55. The number of phenols is 1. The second kappa shape index (κ2) is 7.72. The van der Waals surface area contributed by atoms with Gasteiger partial charge in [-0.25, -0.2) is 8.78 Å². The van der Waals surface area contributed by atoms with Gasteiger partial charge < -0.3 is 20.5 Å². The highest BCUT2D eigenvalue weighted by Crippen LogP contribution is 2.55.